The van der Waals surface area contributed by atoms with Crippen molar-refractivity contribution in [1.82, 2.24) is 0 Å². The van der Waals surface area contributed by atoms with Crippen LogP contribution in [-0.2, 0) is 0 Å². The van der Waals surface area contributed by atoms with E-state index in [2.05, 4.69) is 0 Å². The first-order valence-electron chi connectivity index (χ1n) is 4.71. The van der Waals surface area contributed by atoms with Gasteiger partial charge in [-0.25, -0.2) is 8.78 Å². The Morgan fingerprint density at radius 1 is 1.29 bits per heavy atom. The third-order valence-corrected chi connectivity index (χ3v) is 2.41. The molecule has 0 radical (unpaired) electrons. The molecule has 0 aliphatic rings. The monoisotopic (exact) mass is 199 g/mol. The summed E-state index contributed by atoms with van der Waals surface area (Å²) in [5.41, 5.74) is 5.81. The fraction of sp³-hybridized carbons (Fsp3) is 0.455. The van der Waals surface area contributed by atoms with Gasteiger partial charge in [0.25, 0.3) is 5.92 Å². The van der Waals surface area contributed by atoms with E-state index in [4.69, 9.17) is 5.73 Å². The van der Waals surface area contributed by atoms with E-state index in [1.165, 1.54) is 6.92 Å². The highest BCUT2D eigenvalue weighted by Crippen LogP contribution is 2.35. The smallest absolute Gasteiger partial charge is 0.255 e. The van der Waals surface area contributed by atoms with Crippen molar-refractivity contribution in [2.24, 2.45) is 5.73 Å². The van der Waals surface area contributed by atoms with Crippen LogP contribution in [0, 0.1) is 0 Å². The van der Waals surface area contributed by atoms with Crippen LogP contribution in [0.1, 0.15) is 24.8 Å². The Labute approximate surface area is 82.9 Å². The van der Waals surface area contributed by atoms with Gasteiger partial charge in [0.1, 0.15) is 0 Å². The van der Waals surface area contributed by atoms with Crippen LogP contribution in [0.5, 0.6) is 0 Å². The van der Waals surface area contributed by atoms with Gasteiger partial charge in [0.05, 0.1) is 0 Å². The summed E-state index contributed by atoms with van der Waals surface area (Å²) >= 11 is 0. The second-order valence-electron chi connectivity index (χ2n) is 3.43. The first kappa shape index (κ1) is 11.1. The van der Waals surface area contributed by atoms with Crippen molar-refractivity contribution in [1.29, 1.82) is 0 Å². The Kier molecular flexibility index (Phi) is 3.58. The lowest BCUT2D eigenvalue weighted by Crippen LogP contribution is -2.27. The summed E-state index contributed by atoms with van der Waals surface area (Å²) in [6, 6.07) is 8.79. The molecule has 2 N–H and O–H groups in total. The van der Waals surface area contributed by atoms with Gasteiger partial charge in [-0.15, -0.1) is 0 Å². The molecule has 1 rings (SSSR count). The van der Waals surface area contributed by atoms with E-state index in [1.807, 2.05) is 6.07 Å². The number of rotatable bonds is 4. The molecule has 1 aromatic carbocycles. The lowest BCUT2D eigenvalue weighted by atomic mass is 9.92. The number of nitrogens with two attached hydrogens (primary N) is 1. The Hall–Kier alpha value is -0.960. The van der Waals surface area contributed by atoms with Crippen LogP contribution >= 0.6 is 0 Å². The van der Waals surface area contributed by atoms with Crippen molar-refractivity contribution in [3.8, 4) is 0 Å². The largest absolute Gasteiger partial charge is 0.330 e. The number of hydrogen-bond acceptors (Lipinski definition) is 1. The first-order chi connectivity index (χ1) is 6.58. The molecule has 0 bridgehead atoms. The van der Waals surface area contributed by atoms with E-state index in [9.17, 15) is 8.78 Å². The first-order valence-corrected chi connectivity index (χ1v) is 4.71. The van der Waals surface area contributed by atoms with E-state index in [0.29, 0.717) is 5.56 Å². The van der Waals surface area contributed by atoms with Crippen molar-refractivity contribution in [2.45, 2.75) is 25.2 Å². The number of benzene rings is 1. The molecule has 3 heteroatoms. The van der Waals surface area contributed by atoms with Gasteiger partial charge in [0.15, 0.2) is 0 Å². The zero-order valence-electron chi connectivity index (χ0n) is 8.21. The molecule has 0 aromatic heterocycles. The predicted octanol–water partition coefficient (Wildman–Crippen LogP) is 2.77. The van der Waals surface area contributed by atoms with Crippen LogP contribution in [0.4, 0.5) is 8.78 Å². The summed E-state index contributed by atoms with van der Waals surface area (Å²) in [6.45, 7) is 1.55. The van der Waals surface area contributed by atoms with Crippen molar-refractivity contribution in [3.05, 3.63) is 35.9 Å². The highest BCUT2D eigenvalue weighted by Gasteiger charge is 2.35. The second-order valence-corrected chi connectivity index (χ2v) is 3.43. The molecule has 14 heavy (non-hydrogen) atoms. The van der Waals surface area contributed by atoms with E-state index in [0.717, 1.165) is 0 Å². The molecule has 0 heterocycles. The lowest BCUT2D eigenvalue weighted by Gasteiger charge is -2.23. The molecule has 0 aliphatic carbocycles. The van der Waals surface area contributed by atoms with Crippen LogP contribution in [0.3, 0.4) is 0 Å². The third-order valence-electron chi connectivity index (χ3n) is 2.41. The average Bonchev–Trinajstić information content (AvgIpc) is 2.18. The van der Waals surface area contributed by atoms with Crippen LogP contribution < -0.4 is 5.73 Å². The molecule has 0 saturated carbocycles. The fourth-order valence-corrected chi connectivity index (χ4v) is 1.39. The Morgan fingerprint density at radius 2 is 1.86 bits per heavy atom. The van der Waals surface area contributed by atoms with E-state index in [1.54, 1.807) is 24.3 Å². The Bertz CT molecular complexity index is 272. The third kappa shape index (κ3) is 2.51. The molecule has 1 atom stereocenters. The van der Waals surface area contributed by atoms with Gasteiger partial charge < -0.3 is 5.73 Å². The maximum atomic E-state index is 13.4. The molecule has 0 fully saturated rings. The zero-order chi connectivity index (χ0) is 10.6. The Morgan fingerprint density at radius 3 is 2.36 bits per heavy atom. The van der Waals surface area contributed by atoms with Gasteiger partial charge in [0.2, 0.25) is 0 Å². The molecule has 78 valence electrons. The molecular weight excluding hydrogens is 184 g/mol. The van der Waals surface area contributed by atoms with Crippen molar-refractivity contribution in [3.63, 3.8) is 0 Å². The summed E-state index contributed by atoms with van der Waals surface area (Å²) in [5, 5.41) is 0. The molecule has 1 unspecified atom stereocenters. The van der Waals surface area contributed by atoms with E-state index >= 15 is 0 Å². The standard InChI is InChI=1S/C11H15F2N/c1-9(11(12,13)7-8-14)10-5-3-2-4-6-10/h2-6,9H,7-8,14H2,1H3. The highest BCUT2D eigenvalue weighted by molar-refractivity contribution is 5.20. The molecular formula is C11H15F2N. The predicted molar refractivity (Wildman–Crippen MR) is 53.5 cm³/mol. The second kappa shape index (κ2) is 4.51. The van der Waals surface area contributed by atoms with E-state index in [-0.39, 0.29) is 13.0 Å². The number of hydrogen-bond donors (Lipinski definition) is 1. The molecule has 0 spiro atoms. The van der Waals surface area contributed by atoms with Crippen molar-refractivity contribution < 1.29 is 8.78 Å². The normalized spacial score (nSPS) is 14.0. The van der Waals surface area contributed by atoms with Gasteiger partial charge in [-0.1, -0.05) is 37.3 Å². The maximum absolute atomic E-state index is 13.4. The minimum atomic E-state index is -2.71. The summed E-state index contributed by atoms with van der Waals surface area (Å²) in [6.07, 6.45) is -0.261. The maximum Gasteiger partial charge on any atom is 0.255 e. The van der Waals surface area contributed by atoms with E-state index < -0.39 is 11.8 Å². The minimum Gasteiger partial charge on any atom is -0.330 e. The van der Waals surface area contributed by atoms with Gasteiger partial charge in [-0.05, 0) is 12.1 Å². The highest BCUT2D eigenvalue weighted by atomic mass is 19.3. The van der Waals surface area contributed by atoms with Crippen LogP contribution in [0.2, 0.25) is 0 Å². The van der Waals surface area contributed by atoms with Gasteiger partial charge in [-0.3, -0.25) is 0 Å². The topological polar surface area (TPSA) is 26.0 Å². The minimum absolute atomic E-state index is 0.0180. The summed E-state index contributed by atoms with van der Waals surface area (Å²) in [7, 11) is 0. The van der Waals surface area contributed by atoms with Crippen LogP contribution in [0.15, 0.2) is 30.3 Å². The molecule has 1 aromatic rings. The van der Waals surface area contributed by atoms with Crippen LogP contribution in [0.25, 0.3) is 0 Å². The summed E-state index contributed by atoms with van der Waals surface area (Å²) in [4.78, 5) is 0. The van der Waals surface area contributed by atoms with Crippen LogP contribution in [-0.4, -0.2) is 12.5 Å². The molecule has 0 saturated heterocycles. The quantitative estimate of drug-likeness (QED) is 0.792. The number of alkyl halides is 2. The molecule has 0 amide bonds. The van der Waals surface area contributed by atoms with Crippen molar-refractivity contribution >= 4 is 0 Å². The van der Waals surface area contributed by atoms with Crippen molar-refractivity contribution in [2.75, 3.05) is 6.54 Å². The number of halogens is 2. The summed E-state index contributed by atoms with van der Waals surface area (Å²) < 4.78 is 26.8. The molecule has 1 nitrogen and oxygen atoms in total. The summed E-state index contributed by atoms with van der Waals surface area (Å²) in [5.74, 6) is -3.48. The Balaban J connectivity index is 2.79. The average molecular weight is 199 g/mol. The van der Waals surface area contributed by atoms with Gasteiger partial charge in [-0.2, -0.15) is 0 Å². The zero-order valence-corrected chi connectivity index (χ0v) is 8.21. The lowest BCUT2D eigenvalue weighted by molar-refractivity contribution is -0.0280. The van der Waals surface area contributed by atoms with Gasteiger partial charge >= 0.3 is 0 Å². The molecule has 0 aliphatic heterocycles. The SMILES string of the molecule is CC(c1ccccc1)C(F)(F)CCN. The van der Waals surface area contributed by atoms with Gasteiger partial charge in [0, 0.05) is 12.3 Å². The fourth-order valence-electron chi connectivity index (χ4n) is 1.39.